The molecule has 126 valence electrons. The van der Waals surface area contributed by atoms with Gasteiger partial charge in [-0.1, -0.05) is 17.7 Å². The Morgan fingerprint density at radius 1 is 1.45 bits per heavy atom. The molecule has 10 heteroatoms. The van der Waals surface area contributed by atoms with Gasteiger partial charge >= 0.3 is 0 Å². The fraction of sp³-hybridized carbons (Fsp3) is 0.417. The molecule has 22 heavy (non-hydrogen) atoms. The lowest BCUT2D eigenvalue weighted by atomic mass is 10.6. The fourth-order valence-electron chi connectivity index (χ4n) is 1.37. The average Bonchev–Trinajstić information content (AvgIpc) is 2.88. The molecule has 0 saturated heterocycles. The highest BCUT2D eigenvalue weighted by Crippen LogP contribution is 2.25. The average molecular weight is 479 g/mol. The molecule has 0 unspecified atom stereocenters. The van der Waals surface area contributed by atoms with Gasteiger partial charge in [0.2, 0.25) is 10.0 Å². The number of thiophene rings is 1. The minimum atomic E-state index is -3.51. The largest absolute Gasteiger partial charge is 0.357 e. The summed E-state index contributed by atoms with van der Waals surface area (Å²) in [4.78, 5) is 4.25. The van der Waals surface area contributed by atoms with Crippen LogP contribution in [0.4, 0.5) is 0 Å². The van der Waals surface area contributed by atoms with E-state index in [0.29, 0.717) is 23.4 Å². The highest BCUT2D eigenvalue weighted by molar-refractivity contribution is 14.0. The van der Waals surface area contributed by atoms with Crippen molar-refractivity contribution in [2.75, 3.05) is 26.2 Å². The number of sulfonamides is 1. The lowest BCUT2D eigenvalue weighted by Crippen LogP contribution is -2.38. The van der Waals surface area contributed by atoms with E-state index in [4.69, 9.17) is 11.6 Å². The monoisotopic (exact) mass is 478 g/mol. The van der Waals surface area contributed by atoms with E-state index in [2.05, 4.69) is 26.9 Å². The van der Waals surface area contributed by atoms with E-state index in [1.54, 1.807) is 12.1 Å². The highest BCUT2D eigenvalue weighted by atomic mass is 127. The van der Waals surface area contributed by atoms with Crippen LogP contribution in [0, 0.1) is 0 Å². The molecule has 1 heterocycles. The van der Waals surface area contributed by atoms with E-state index in [1.165, 1.54) is 6.07 Å². The summed E-state index contributed by atoms with van der Waals surface area (Å²) in [6.45, 7) is 7.41. The zero-order valence-corrected chi connectivity index (χ0v) is 16.9. The number of halogens is 2. The third-order valence-electron chi connectivity index (χ3n) is 2.25. The number of nitrogens with zero attached hydrogens (tertiary/aromatic N) is 1. The van der Waals surface area contributed by atoms with Crippen LogP contribution < -0.4 is 15.4 Å². The predicted octanol–water partition coefficient (Wildman–Crippen LogP) is 2.04. The molecule has 0 radical (unpaired) electrons. The molecule has 1 aromatic rings. The topological polar surface area (TPSA) is 82.6 Å². The van der Waals surface area contributed by atoms with E-state index < -0.39 is 10.0 Å². The molecule has 0 atom stereocenters. The van der Waals surface area contributed by atoms with E-state index in [-0.39, 0.29) is 34.7 Å². The first-order valence-corrected chi connectivity index (χ1v) is 9.05. The highest BCUT2D eigenvalue weighted by Gasteiger charge is 2.15. The first-order valence-electron chi connectivity index (χ1n) is 6.37. The molecular formula is C12H20ClIN4O2S2. The van der Waals surface area contributed by atoms with Gasteiger partial charge in [-0.2, -0.15) is 0 Å². The molecule has 6 nitrogen and oxygen atoms in total. The van der Waals surface area contributed by atoms with Crippen molar-refractivity contribution in [3.05, 3.63) is 29.1 Å². The van der Waals surface area contributed by atoms with Crippen LogP contribution in [0.5, 0.6) is 0 Å². The second kappa shape index (κ2) is 11.2. The Morgan fingerprint density at radius 3 is 2.73 bits per heavy atom. The SMILES string of the molecule is C=CCNC(=NCCNS(=O)(=O)c1ccc(Cl)s1)NCC.I. The molecule has 0 aromatic carbocycles. The summed E-state index contributed by atoms with van der Waals surface area (Å²) in [5.74, 6) is 0.621. The standard InChI is InChI=1S/C12H19ClN4O2S2.HI/c1-3-7-15-12(14-4-2)16-8-9-17-21(18,19)11-6-5-10(13)20-11;/h3,5-6,17H,1,4,7-9H2,2H3,(H2,14,15,16);1H. The van der Waals surface area contributed by atoms with Gasteiger partial charge in [-0.3, -0.25) is 4.99 Å². The molecule has 0 aliphatic carbocycles. The van der Waals surface area contributed by atoms with Crippen molar-refractivity contribution in [2.45, 2.75) is 11.1 Å². The van der Waals surface area contributed by atoms with Crippen molar-refractivity contribution in [3.63, 3.8) is 0 Å². The number of hydrogen-bond donors (Lipinski definition) is 3. The first kappa shape index (κ1) is 21.6. The molecule has 1 aromatic heterocycles. The molecule has 0 spiro atoms. The Bertz CT molecular complexity index is 590. The fourth-order valence-corrected chi connectivity index (χ4v) is 3.92. The maximum Gasteiger partial charge on any atom is 0.250 e. The normalized spacial score (nSPS) is 11.6. The van der Waals surface area contributed by atoms with Gasteiger partial charge < -0.3 is 10.6 Å². The second-order valence-electron chi connectivity index (χ2n) is 3.89. The van der Waals surface area contributed by atoms with Crippen LogP contribution in [-0.2, 0) is 10.0 Å². The van der Waals surface area contributed by atoms with Crippen LogP contribution in [0.25, 0.3) is 0 Å². The zero-order valence-electron chi connectivity index (χ0n) is 12.1. The summed E-state index contributed by atoms with van der Waals surface area (Å²) in [6, 6.07) is 3.04. The molecule has 0 saturated carbocycles. The summed E-state index contributed by atoms with van der Waals surface area (Å²) in [5.41, 5.74) is 0. The summed E-state index contributed by atoms with van der Waals surface area (Å²) in [7, 11) is -3.51. The Labute approximate surface area is 157 Å². The summed E-state index contributed by atoms with van der Waals surface area (Å²) in [5, 5.41) is 6.08. The Kier molecular flexibility index (Phi) is 11.0. The minimum Gasteiger partial charge on any atom is -0.357 e. The van der Waals surface area contributed by atoms with E-state index in [9.17, 15) is 8.42 Å². The van der Waals surface area contributed by atoms with Gasteiger partial charge in [-0.15, -0.1) is 41.9 Å². The third kappa shape index (κ3) is 7.77. The lowest BCUT2D eigenvalue weighted by Gasteiger charge is -2.09. The van der Waals surface area contributed by atoms with Crippen LogP contribution >= 0.6 is 46.9 Å². The quantitative estimate of drug-likeness (QED) is 0.176. The molecule has 0 aliphatic heterocycles. The third-order valence-corrected chi connectivity index (χ3v) is 5.43. The first-order chi connectivity index (χ1) is 9.99. The molecule has 0 bridgehead atoms. The number of aliphatic imine (C=N–C) groups is 1. The molecule has 1 rings (SSSR count). The van der Waals surface area contributed by atoms with Crippen LogP contribution in [0.3, 0.4) is 0 Å². The van der Waals surface area contributed by atoms with E-state index >= 15 is 0 Å². The van der Waals surface area contributed by atoms with Gasteiger partial charge in [0.1, 0.15) is 4.21 Å². The summed E-state index contributed by atoms with van der Waals surface area (Å²) >= 11 is 6.75. The maximum atomic E-state index is 11.9. The molecule has 0 aliphatic rings. The van der Waals surface area contributed by atoms with E-state index in [0.717, 1.165) is 17.9 Å². The Hall–Kier alpha value is -0.360. The molecule has 0 fully saturated rings. The van der Waals surface area contributed by atoms with Crippen LogP contribution in [0.1, 0.15) is 6.92 Å². The molecule has 3 N–H and O–H groups in total. The Morgan fingerprint density at radius 2 is 2.18 bits per heavy atom. The Balaban J connectivity index is 0.00000441. The zero-order chi connectivity index (χ0) is 15.7. The maximum absolute atomic E-state index is 11.9. The van der Waals surface area contributed by atoms with Gasteiger partial charge in [0, 0.05) is 19.6 Å². The number of guanidine groups is 1. The summed E-state index contributed by atoms with van der Waals surface area (Å²) in [6.07, 6.45) is 1.72. The minimum absolute atomic E-state index is 0. The van der Waals surface area contributed by atoms with Crippen molar-refractivity contribution < 1.29 is 8.42 Å². The smallest absolute Gasteiger partial charge is 0.250 e. The van der Waals surface area contributed by atoms with E-state index in [1.807, 2.05) is 6.92 Å². The molecular weight excluding hydrogens is 459 g/mol. The predicted molar refractivity (Wildman–Crippen MR) is 104 cm³/mol. The van der Waals surface area contributed by atoms with Crippen molar-refractivity contribution in [3.8, 4) is 0 Å². The van der Waals surface area contributed by atoms with Crippen molar-refractivity contribution in [1.29, 1.82) is 0 Å². The summed E-state index contributed by atoms with van der Waals surface area (Å²) < 4.78 is 27.0. The number of rotatable bonds is 8. The number of hydrogen-bond acceptors (Lipinski definition) is 4. The second-order valence-corrected chi connectivity index (χ2v) is 7.60. The molecule has 0 amide bonds. The van der Waals surface area contributed by atoms with Gasteiger partial charge in [0.15, 0.2) is 5.96 Å². The lowest BCUT2D eigenvalue weighted by molar-refractivity contribution is 0.584. The van der Waals surface area contributed by atoms with Crippen LogP contribution in [-0.4, -0.2) is 40.6 Å². The van der Waals surface area contributed by atoms with Crippen molar-refractivity contribution in [1.82, 2.24) is 15.4 Å². The van der Waals surface area contributed by atoms with Gasteiger partial charge in [0.05, 0.1) is 10.9 Å². The van der Waals surface area contributed by atoms with Gasteiger partial charge in [-0.05, 0) is 19.1 Å². The van der Waals surface area contributed by atoms with Gasteiger partial charge in [0.25, 0.3) is 0 Å². The van der Waals surface area contributed by atoms with Crippen LogP contribution in [0.2, 0.25) is 4.34 Å². The van der Waals surface area contributed by atoms with Crippen molar-refractivity contribution >= 4 is 62.9 Å². The van der Waals surface area contributed by atoms with Gasteiger partial charge in [-0.25, -0.2) is 13.1 Å². The number of nitrogens with one attached hydrogen (secondary N) is 3. The van der Waals surface area contributed by atoms with Crippen LogP contribution in [0.15, 0.2) is 34.0 Å². The van der Waals surface area contributed by atoms with Crippen molar-refractivity contribution in [2.24, 2.45) is 4.99 Å².